The van der Waals surface area contributed by atoms with Crippen LogP contribution in [0.15, 0.2) is 48.5 Å². The molecular formula is C22H27N3O4. The molecule has 2 aliphatic heterocycles. The minimum Gasteiger partial charge on any atom is -0.454 e. The van der Waals surface area contributed by atoms with Crippen LogP contribution in [0.1, 0.15) is 23.7 Å². The minimum atomic E-state index is -0.729. The molecule has 2 aliphatic rings. The summed E-state index contributed by atoms with van der Waals surface area (Å²) in [5, 5.41) is 0. The van der Waals surface area contributed by atoms with Crippen LogP contribution in [0.2, 0.25) is 0 Å². The molecule has 2 aromatic carbocycles. The fourth-order valence-corrected chi connectivity index (χ4v) is 3.87. The van der Waals surface area contributed by atoms with Gasteiger partial charge in [0.05, 0.1) is 0 Å². The Morgan fingerprint density at radius 1 is 1.00 bits per heavy atom. The van der Waals surface area contributed by atoms with Gasteiger partial charge in [-0.25, -0.2) is 4.79 Å². The number of benzene rings is 2. The van der Waals surface area contributed by atoms with Crippen LogP contribution in [0.4, 0.5) is 4.79 Å². The summed E-state index contributed by atoms with van der Waals surface area (Å²) < 4.78 is 16.2. The first-order valence-corrected chi connectivity index (χ1v) is 10.0. The maximum Gasteiger partial charge on any atom is 0.405 e. The van der Waals surface area contributed by atoms with Crippen molar-refractivity contribution in [2.45, 2.75) is 19.1 Å². The van der Waals surface area contributed by atoms with Crippen LogP contribution in [0.25, 0.3) is 0 Å². The van der Waals surface area contributed by atoms with Crippen LogP contribution in [-0.2, 0) is 11.3 Å². The summed E-state index contributed by atoms with van der Waals surface area (Å²) in [5.41, 5.74) is 7.48. The minimum absolute atomic E-state index is 0.305. The van der Waals surface area contributed by atoms with Gasteiger partial charge in [0, 0.05) is 45.7 Å². The van der Waals surface area contributed by atoms with E-state index in [1.165, 1.54) is 5.56 Å². The first-order valence-electron chi connectivity index (χ1n) is 10.0. The zero-order valence-corrected chi connectivity index (χ0v) is 16.5. The van der Waals surface area contributed by atoms with Gasteiger partial charge in [-0.1, -0.05) is 36.4 Å². The van der Waals surface area contributed by atoms with Gasteiger partial charge in [-0.3, -0.25) is 4.90 Å². The van der Waals surface area contributed by atoms with Gasteiger partial charge >= 0.3 is 6.09 Å². The van der Waals surface area contributed by atoms with Gasteiger partial charge in [-0.15, -0.1) is 0 Å². The quantitative estimate of drug-likeness (QED) is 0.774. The molecular weight excluding hydrogens is 370 g/mol. The smallest absolute Gasteiger partial charge is 0.405 e. The van der Waals surface area contributed by atoms with Crippen LogP contribution >= 0.6 is 0 Å². The number of carbonyl (C=O) groups is 1. The maximum absolute atomic E-state index is 11.3. The second-order valence-corrected chi connectivity index (χ2v) is 7.43. The second kappa shape index (κ2) is 9.15. The number of amides is 1. The first kappa shape index (κ1) is 19.5. The van der Waals surface area contributed by atoms with Crippen molar-refractivity contribution in [3.05, 3.63) is 59.7 Å². The molecule has 2 N–H and O–H groups in total. The molecule has 2 aromatic rings. The van der Waals surface area contributed by atoms with Crippen LogP contribution < -0.4 is 15.2 Å². The largest absolute Gasteiger partial charge is 0.454 e. The molecule has 7 heteroatoms. The van der Waals surface area contributed by atoms with Crippen molar-refractivity contribution < 1.29 is 19.0 Å². The van der Waals surface area contributed by atoms with Gasteiger partial charge in [0.2, 0.25) is 6.79 Å². The molecule has 0 aliphatic carbocycles. The molecule has 1 unspecified atom stereocenters. The van der Waals surface area contributed by atoms with Crippen LogP contribution in [0, 0.1) is 0 Å². The molecule has 29 heavy (non-hydrogen) atoms. The van der Waals surface area contributed by atoms with Crippen molar-refractivity contribution >= 4 is 6.09 Å². The van der Waals surface area contributed by atoms with Gasteiger partial charge in [-0.2, -0.15) is 0 Å². The lowest BCUT2D eigenvalue weighted by atomic mass is 10.1. The van der Waals surface area contributed by atoms with E-state index in [2.05, 4.69) is 21.9 Å². The summed E-state index contributed by atoms with van der Waals surface area (Å²) in [6, 6.07) is 15.9. The van der Waals surface area contributed by atoms with Crippen molar-refractivity contribution in [2.24, 2.45) is 5.73 Å². The topological polar surface area (TPSA) is 77.3 Å². The summed E-state index contributed by atoms with van der Waals surface area (Å²) in [4.78, 5) is 16.1. The third-order valence-corrected chi connectivity index (χ3v) is 5.45. The van der Waals surface area contributed by atoms with Crippen molar-refractivity contribution in [1.82, 2.24) is 9.80 Å². The Labute approximate surface area is 170 Å². The Bertz CT molecular complexity index is 822. The third-order valence-electron chi connectivity index (χ3n) is 5.45. The van der Waals surface area contributed by atoms with E-state index >= 15 is 0 Å². The zero-order chi connectivity index (χ0) is 20.1. The third kappa shape index (κ3) is 5.19. The van der Waals surface area contributed by atoms with E-state index in [0.29, 0.717) is 6.79 Å². The Morgan fingerprint density at radius 2 is 1.72 bits per heavy atom. The molecule has 1 fully saturated rings. The molecule has 2 heterocycles. The number of fused-ring (bicyclic) bond motifs is 1. The highest BCUT2D eigenvalue weighted by molar-refractivity contribution is 5.65. The number of piperazine rings is 1. The summed E-state index contributed by atoms with van der Waals surface area (Å²) >= 11 is 0. The molecule has 154 valence electrons. The van der Waals surface area contributed by atoms with Crippen LogP contribution in [0.3, 0.4) is 0 Å². The number of nitrogens with two attached hydrogens (primary N) is 1. The molecule has 7 nitrogen and oxygen atoms in total. The monoisotopic (exact) mass is 397 g/mol. The number of carbonyl (C=O) groups excluding carboxylic acids is 1. The van der Waals surface area contributed by atoms with Gasteiger partial charge in [-0.05, 0) is 23.3 Å². The van der Waals surface area contributed by atoms with Gasteiger partial charge in [0.25, 0.3) is 0 Å². The first-order chi connectivity index (χ1) is 14.2. The van der Waals surface area contributed by atoms with Crippen molar-refractivity contribution in [2.75, 3.05) is 39.5 Å². The molecule has 0 spiro atoms. The average Bonchev–Trinajstić information content (AvgIpc) is 3.20. The lowest BCUT2D eigenvalue weighted by Crippen LogP contribution is -2.46. The van der Waals surface area contributed by atoms with Crippen molar-refractivity contribution in [1.29, 1.82) is 0 Å². The number of ether oxygens (including phenoxy) is 3. The highest BCUT2D eigenvalue weighted by Gasteiger charge is 2.21. The van der Waals surface area contributed by atoms with E-state index in [9.17, 15) is 4.79 Å². The lowest BCUT2D eigenvalue weighted by molar-refractivity contribution is 0.0780. The lowest BCUT2D eigenvalue weighted by Gasteiger charge is -2.35. The van der Waals surface area contributed by atoms with E-state index < -0.39 is 6.09 Å². The molecule has 0 saturated carbocycles. The zero-order valence-electron chi connectivity index (χ0n) is 16.5. The predicted molar refractivity (Wildman–Crippen MR) is 109 cm³/mol. The Balaban J connectivity index is 1.25. The van der Waals surface area contributed by atoms with Crippen molar-refractivity contribution in [3.8, 4) is 11.5 Å². The molecule has 0 bridgehead atoms. The highest BCUT2D eigenvalue weighted by Crippen LogP contribution is 2.33. The Kier molecular flexibility index (Phi) is 6.17. The van der Waals surface area contributed by atoms with Crippen LogP contribution in [-0.4, -0.2) is 55.4 Å². The van der Waals surface area contributed by atoms with Crippen LogP contribution in [0.5, 0.6) is 11.5 Å². The van der Waals surface area contributed by atoms with Gasteiger partial charge in [0.1, 0.15) is 6.10 Å². The molecule has 1 saturated heterocycles. The highest BCUT2D eigenvalue weighted by atomic mass is 16.7. The second-order valence-electron chi connectivity index (χ2n) is 7.43. The fourth-order valence-electron chi connectivity index (χ4n) is 3.87. The van der Waals surface area contributed by atoms with Crippen molar-refractivity contribution in [3.63, 3.8) is 0 Å². The van der Waals surface area contributed by atoms with Gasteiger partial charge in [0.15, 0.2) is 11.5 Å². The normalized spacial score (nSPS) is 17.8. The van der Waals surface area contributed by atoms with E-state index in [0.717, 1.165) is 62.8 Å². The Morgan fingerprint density at radius 3 is 2.48 bits per heavy atom. The standard InChI is InChI=1S/C22H27N3O4/c23-22(26)29-19(18-4-2-1-3-5-18)8-9-24-10-12-25(13-11-24)15-17-6-7-20-21(14-17)28-16-27-20/h1-7,14,19H,8-13,15-16H2,(H2,23,26). The molecule has 1 amide bonds. The SMILES string of the molecule is NC(=O)OC(CCN1CCN(Cc2ccc3c(c2)OCO3)CC1)c1ccccc1. The summed E-state index contributed by atoms with van der Waals surface area (Å²) in [5.74, 6) is 1.66. The number of rotatable bonds is 7. The summed E-state index contributed by atoms with van der Waals surface area (Å²) in [6.07, 6.45) is -0.303. The molecule has 4 rings (SSSR count). The summed E-state index contributed by atoms with van der Waals surface area (Å²) in [7, 11) is 0. The number of hydrogen-bond acceptors (Lipinski definition) is 6. The Hall–Kier alpha value is -2.77. The fraction of sp³-hybridized carbons (Fsp3) is 0.409. The maximum atomic E-state index is 11.3. The number of primary amides is 1. The molecule has 0 radical (unpaired) electrons. The number of hydrogen-bond donors (Lipinski definition) is 1. The number of nitrogens with zero attached hydrogens (tertiary/aromatic N) is 2. The van der Waals surface area contributed by atoms with E-state index in [1.54, 1.807) is 0 Å². The predicted octanol–water partition coefficient (Wildman–Crippen LogP) is 2.76. The average molecular weight is 397 g/mol. The van der Waals surface area contributed by atoms with E-state index in [1.807, 2.05) is 36.4 Å². The summed E-state index contributed by atoms with van der Waals surface area (Å²) in [6.45, 7) is 6.06. The molecule has 0 aromatic heterocycles. The molecule has 1 atom stereocenters. The van der Waals surface area contributed by atoms with Gasteiger partial charge < -0.3 is 24.8 Å². The van der Waals surface area contributed by atoms with E-state index in [-0.39, 0.29) is 6.10 Å². The van der Waals surface area contributed by atoms with E-state index in [4.69, 9.17) is 19.9 Å².